The molecule has 0 amide bonds. The summed E-state index contributed by atoms with van der Waals surface area (Å²) >= 11 is 0. The van der Waals surface area contributed by atoms with Crippen molar-refractivity contribution in [3.8, 4) is 0 Å². The maximum atomic E-state index is 12.5. The first-order valence-electron chi connectivity index (χ1n) is 7.38. The van der Waals surface area contributed by atoms with E-state index in [1.165, 1.54) is 5.56 Å². The summed E-state index contributed by atoms with van der Waals surface area (Å²) in [6.07, 6.45) is 0.901. The van der Waals surface area contributed by atoms with Gasteiger partial charge in [-0.3, -0.25) is 9.59 Å². The Balaban J connectivity index is 2.21. The minimum Gasteiger partial charge on any atom is -0.481 e. The van der Waals surface area contributed by atoms with Crippen molar-refractivity contribution in [3.63, 3.8) is 0 Å². The first kappa shape index (κ1) is 16.0. The highest BCUT2D eigenvalue weighted by Crippen LogP contribution is 2.16. The van der Waals surface area contributed by atoms with Crippen LogP contribution in [-0.2, 0) is 24.7 Å². The van der Waals surface area contributed by atoms with Crippen LogP contribution in [0.5, 0.6) is 0 Å². The van der Waals surface area contributed by atoms with Crippen LogP contribution in [0.1, 0.15) is 41.2 Å². The fourth-order valence-corrected chi connectivity index (χ4v) is 2.53. The molecule has 4 nitrogen and oxygen atoms in total. The van der Waals surface area contributed by atoms with Gasteiger partial charge >= 0.3 is 5.97 Å². The summed E-state index contributed by atoms with van der Waals surface area (Å²) in [5, 5.41) is 8.86. The summed E-state index contributed by atoms with van der Waals surface area (Å²) in [5.74, 6) is -0.415. The number of hydrogen-bond acceptors (Lipinski definition) is 2. The summed E-state index contributed by atoms with van der Waals surface area (Å²) in [5.41, 5.74) is 2.96. The Morgan fingerprint density at radius 3 is 2.27 bits per heavy atom. The predicted octanol–water partition coefficient (Wildman–Crippen LogP) is 3.08. The number of hydrogen-bond donors (Lipinski definition) is 1. The van der Waals surface area contributed by atoms with E-state index in [1.54, 1.807) is 23.7 Å². The molecule has 1 aromatic carbocycles. The van der Waals surface area contributed by atoms with Crippen molar-refractivity contribution in [2.24, 2.45) is 13.0 Å². The van der Waals surface area contributed by atoms with Crippen LogP contribution >= 0.6 is 0 Å². The second-order valence-electron chi connectivity index (χ2n) is 5.96. The van der Waals surface area contributed by atoms with Gasteiger partial charge in [0.25, 0.3) is 0 Å². The lowest BCUT2D eigenvalue weighted by Crippen LogP contribution is -2.11. The summed E-state index contributed by atoms with van der Waals surface area (Å²) in [6, 6.07) is 11.0. The number of nitrogens with zero attached hydrogens (tertiary/aromatic N) is 1. The quantitative estimate of drug-likeness (QED) is 0.834. The fourth-order valence-electron chi connectivity index (χ4n) is 2.53. The Morgan fingerprint density at radius 2 is 1.73 bits per heavy atom. The molecule has 116 valence electrons. The van der Waals surface area contributed by atoms with Crippen molar-refractivity contribution in [1.29, 1.82) is 0 Å². The molecule has 4 heteroatoms. The minimum absolute atomic E-state index is 0.0862. The topological polar surface area (TPSA) is 59.3 Å². The number of benzene rings is 1. The Hall–Kier alpha value is -2.36. The molecule has 0 fully saturated rings. The maximum Gasteiger partial charge on any atom is 0.309 e. The monoisotopic (exact) mass is 299 g/mol. The molecular weight excluding hydrogens is 278 g/mol. The number of carboxylic acid groups (broad SMARTS) is 1. The molecule has 0 aliphatic heterocycles. The molecule has 0 spiro atoms. The smallest absolute Gasteiger partial charge is 0.309 e. The van der Waals surface area contributed by atoms with Gasteiger partial charge in [-0.1, -0.05) is 38.1 Å². The van der Waals surface area contributed by atoms with E-state index < -0.39 is 5.97 Å². The zero-order chi connectivity index (χ0) is 16.3. The lowest BCUT2D eigenvalue weighted by molar-refractivity contribution is -0.136. The molecule has 1 heterocycles. The highest BCUT2D eigenvalue weighted by Gasteiger charge is 2.16. The second-order valence-corrected chi connectivity index (χ2v) is 5.96. The molecule has 2 aromatic rings. The highest BCUT2D eigenvalue weighted by molar-refractivity contribution is 6.08. The van der Waals surface area contributed by atoms with E-state index in [-0.39, 0.29) is 12.2 Å². The van der Waals surface area contributed by atoms with Crippen molar-refractivity contribution >= 4 is 11.8 Å². The van der Waals surface area contributed by atoms with Crippen LogP contribution in [-0.4, -0.2) is 21.4 Å². The molecule has 1 N–H and O–H groups in total. The van der Waals surface area contributed by atoms with E-state index in [1.807, 2.05) is 24.3 Å². The first-order chi connectivity index (χ1) is 10.4. The molecule has 0 radical (unpaired) electrons. The molecule has 0 aliphatic rings. The zero-order valence-electron chi connectivity index (χ0n) is 13.2. The second kappa shape index (κ2) is 6.60. The van der Waals surface area contributed by atoms with Gasteiger partial charge in [-0.15, -0.1) is 0 Å². The molecule has 0 saturated heterocycles. The van der Waals surface area contributed by atoms with Gasteiger partial charge in [0.15, 0.2) is 0 Å². The van der Waals surface area contributed by atoms with Crippen LogP contribution < -0.4 is 0 Å². The molecular formula is C18H21NO3. The molecule has 0 atom stereocenters. The molecule has 0 saturated carbocycles. The molecule has 0 bridgehead atoms. The van der Waals surface area contributed by atoms with E-state index in [0.29, 0.717) is 22.9 Å². The Labute approximate surface area is 130 Å². The van der Waals surface area contributed by atoms with Crippen molar-refractivity contribution in [2.45, 2.75) is 26.7 Å². The maximum absolute atomic E-state index is 12.5. The van der Waals surface area contributed by atoms with Gasteiger partial charge in [0.05, 0.1) is 12.1 Å². The lowest BCUT2D eigenvalue weighted by Gasteiger charge is -2.08. The van der Waals surface area contributed by atoms with E-state index in [9.17, 15) is 9.59 Å². The molecule has 0 unspecified atom stereocenters. The number of aromatic nitrogens is 1. The normalized spacial score (nSPS) is 10.9. The van der Waals surface area contributed by atoms with Crippen molar-refractivity contribution < 1.29 is 14.7 Å². The summed E-state index contributed by atoms with van der Waals surface area (Å²) < 4.78 is 1.65. The molecule has 0 aliphatic carbocycles. The van der Waals surface area contributed by atoms with Crippen molar-refractivity contribution in [2.75, 3.05) is 0 Å². The van der Waals surface area contributed by atoms with Crippen LogP contribution in [0, 0.1) is 5.92 Å². The summed E-state index contributed by atoms with van der Waals surface area (Å²) in [4.78, 5) is 23.3. The highest BCUT2D eigenvalue weighted by atomic mass is 16.4. The lowest BCUT2D eigenvalue weighted by atomic mass is 10.00. The Morgan fingerprint density at radius 1 is 1.09 bits per heavy atom. The largest absolute Gasteiger partial charge is 0.481 e. The van der Waals surface area contributed by atoms with Crippen LogP contribution in [0.25, 0.3) is 0 Å². The van der Waals surface area contributed by atoms with E-state index >= 15 is 0 Å². The van der Waals surface area contributed by atoms with Crippen LogP contribution in [0.4, 0.5) is 0 Å². The third-order valence-electron chi connectivity index (χ3n) is 3.65. The number of rotatable bonds is 6. The van der Waals surface area contributed by atoms with Gasteiger partial charge in [-0.05, 0) is 30.0 Å². The fraction of sp³-hybridized carbons (Fsp3) is 0.333. The van der Waals surface area contributed by atoms with Gasteiger partial charge in [0.1, 0.15) is 0 Å². The third kappa shape index (κ3) is 3.64. The molecule has 1 aromatic heterocycles. The standard InChI is InChI=1S/C18H21NO3/c1-12(2)10-13-4-6-14(7-5-13)18(22)16-9-8-15(19(16)3)11-17(20)21/h4-9,12H,10-11H2,1-3H3,(H,20,21). The average molecular weight is 299 g/mol. The predicted molar refractivity (Wildman–Crippen MR) is 85.2 cm³/mol. The minimum atomic E-state index is -0.904. The summed E-state index contributed by atoms with van der Waals surface area (Å²) in [6.45, 7) is 4.32. The van der Waals surface area contributed by atoms with Crippen LogP contribution in [0.3, 0.4) is 0 Å². The number of ketones is 1. The van der Waals surface area contributed by atoms with Crippen molar-refractivity contribution in [3.05, 3.63) is 58.9 Å². The third-order valence-corrected chi connectivity index (χ3v) is 3.65. The zero-order valence-corrected chi connectivity index (χ0v) is 13.2. The van der Waals surface area contributed by atoms with E-state index in [4.69, 9.17) is 5.11 Å². The van der Waals surface area contributed by atoms with Gasteiger partial charge in [-0.25, -0.2) is 0 Å². The van der Waals surface area contributed by atoms with E-state index in [2.05, 4.69) is 13.8 Å². The Kier molecular flexibility index (Phi) is 4.81. The van der Waals surface area contributed by atoms with Gasteiger partial charge in [-0.2, -0.15) is 0 Å². The van der Waals surface area contributed by atoms with Gasteiger partial charge < -0.3 is 9.67 Å². The first-order valence-corrected chi connectivity index (χ1v) is 7.38. The average Bonchev–Trinajstić information content (AvgIpc) is 2.79. The number of aliphatic carboxylic acids is 1. The van der Waals surface area contributed by atoms with Gasteiger partial charge in [0.2, 0.25) is 5.78 Å². The Bertz CT molecular complexity index is 681. The molecule has 22 heavy (non-hydrogen) atoms. The SMILES string of the molecule is CC(C)Cc1ccc(C(=O)c2ccc(CC(=O)O)n2C)cc1. The van der Waals surface area contributed by atoms with E-state index in [0.717, 1.165) is 6.42 Å². The molecule has 2 rings (SSSR count). The van der Waals surface area contributed by atoms with Crippen LogP contribution in [0.2, 0.25) is 0 Å². The summed E-state index contributed by atoms with van der Waals surface area (Å²) in [7, 11) is 1.72. The number of carbonyl (C=O) groups excluding carboxylic acids is 1. The van der Waals surface area contributed by atoms with Crippen molar-refractivity contribution in [1.82, 2.24) is 4.57 Å². The number of carbonyl (C=O) groups is 2. The van der Waals surface area contributed by atoms with Crippen LogP contribution in [0.15, 0.2) is 36.4 Å². The van der Waals surface area contributed by atoms with Gasteiger partial charge in [0, 0.05) is 18.3 Å². The number of carboxylic acids is 1.